The van der Waals surface area contributed by atoms with Gasteiger partial charge in [0, 0.05) is 19.0 Å². The molecule has 1 aliphatic heterocycles. The minimum absolute atomic E-state index is 0.00852. The highest BCUT2D eigenvalue weighted by Crippen LogP contribution is 2.33. The Morgan fingerprint density at radius 2 is 2.00 bits per heavy atom. The third-order valence-corrected chi connectivity index (χ3v) is 5.65. The molecule has 1 fully saturated rings. The molecule has 1 amide bonds. The average molecular weight is 340 g/mol. The normalized spacial score (nSPS) is 15.5. The van der Waals surface area contributed by atoms with E-state index in [9.17, 15) is 13.2 Å². The largest absolute Gasteiger partial charge is 0.495 e. The van der Waals surface area contributed by atoms with E-state index >= 15 is 0 Å². The van der Waals surface area contributed by atoms with E-state index in [-0.39, 0.29) is 16.8 Å². The fourth-order valence-corrected chi connectivity index (χ4v) is 4.12. The molecule has 1 heterocycles. The number of sulfonamides is 1. The summed E-state index contributed by atoms with van der Waals surface area (Å²) >= 11 is 0. The lowest BCUT2D eigenvalue weighted by Crippen LogP contribution is -2.34. The second kappa shape index (κ2) is 7.31. The molecule has 0 saturated carbocycles. The maximum Gasteiger partial charge on any atom is 0.240 e. The molecule has 7 heteroatoms. The summed E-state index contributed by atoms with van der Waals surface area (Å²) in [7, 11) is -2.11. The van der Waals surface area contributed by atoms with Crippen molar-refractivity contribution in [2.45, 2.75) is 50.5 Å². The van der Waals surface area contributed by atoms with Crippen LogP contribution in [0.1, 0.15) is 39.5 Å². The number of hydrogen-bond acceptors (Lipinski definition) is 4. The molecule has 0 unspecified atom stereocenters. The number of methoxy groups -OCH3 is 1. The van der Waals surface area contributed by atoms with Crippen LogP contribution in [0.5, 0.6) is 5.75 Å². The van der Waals surface area contributed by atoms with Crippen LogP contribution in [0.25, 0.3) is 0 Å². The third kappa shape index (κ3) is 3.84. The van der Waals surface area contributed by atoms with Gasteiger partial charge in [-0.3, -0.25) is 4.79 Å². The van der Waals surface area contributed by atoms with Crippen molar-refractivity contribution >= 4 is 21.6 Å². The fraction of sp³-hybridized carbons (Fsp3) is 0.562. The van der Waals surface area contributed by atoms with Crippen molar-refractivity contribution in [2.24, 2.45) is 0 Å². The highest BCUT2D eigenvalue weighted by Gasteiger charge is 2.27. The van der Waals surface area contributed by atoms with Gasteiger partial charge >= 0.3 is 0 Å². The number of ether oxygens (including phenoxy) is 1. The first-order chi connectivity index (χ1) is 10.9. The van der Waals surface area contributed by atoms with Gasteiger partial charge in [0.15, 0.2) is 0 Å². The molecule has 23 heavy (non-hydrogen) atoms. The van der Waals surface area contributed by atoms with Gasteiger partial charge in [-0.05, 0) is 37.5 Å². The lowest BCUT2D eigenvalue weighted by atomic mass is 10.2. The van der Waals surface area contributed by atoms with Crippen molar-refractivity contribution in [1.82, 2.24) is 4.72 Å². The topological polar surface area (TPSA) is 75.7 Å². The van der Waals surface area contributed by atoms with Crippen molar-refractivity contribution in [1.29, 1.82) is 0 Å². The molecule has 1 N–H and O–H groups in total. The molecule has 2 rings (SSSR count). The Bertz CT molecular complexity index is 669. The number of anilines is 1. The van der Waals surface area contributed by atoms with E-state index < -0.39 is 10.0 Å². The molecular weight excluding hydrogens is 316 g/mol. The van der Waals surface area contributed by atoms with Gasteiger partial charge in [-0.2, -0.15) is 0 Å². The van der Waals surface area contributed by atoms with Gasteiger partial charge in [0.05, 0.1) is 17.7 Å². The zero-order valence-corrected chi connectivity index (χ0v) is 14.6. The van der Waals surface area contributed by atoms with Crippen LogP contribution < -0.4 is 14.4 Å². The molecule has 0 aliphatic carbocycles. The van der Waals surface area contributed by atoms with Gasteiger partial charge in [0.25, 0.3) is 0 Å². The van der Waals surface area contributed by atoms with E-state index in [4.69, 9.17) is 4.74 Å². The van der Waals surface area contributed by atoms with Crippen LogP contribution in [-0.2, 0) is 14.8 Å². The lowest BCUT2D eigenvalue weighted by Gasteiger charge is -2.21. The second-order valence-electron chi connectivity index (χ2n) is 5.62. The molecule has 1 aromatic rings. The van der Waals surface area contributed by atoms with Crippen LogP contribution in [0.15, 0.2) is 23.1 Å². The Kier molecular flexibility index (Phi) is 5.64. The predicted molar refractivity (Wildman–Crippen MR) is 89.3 cm³/mol. The maximum absolute atomic E-state index is 12.6. The number of rotatable bonds is 7. The zero-order chi connectivity index (χ0) is 17.0. The molecule has 1 aromatic carbocycles. The Morgan fingerprint density at radius 1 is 1.30 bits per heavy atom. The van der Waals surface area contributed by atoms with E-state index in [0.717, 1.165) is 19.3 Å². The lowest BCUT2D eigenvalue weighted by molar-refractivity contribution is -0.117. The standard InChI is InChI=1S/C16H24N2O4S/c1-4-12(5-2)17-23(20,21)13-8-9-15(22-3)14(11-13)18-10-6-7-16(18)19/h8-9,11-12,17H,4-7,10H2,1-3H3. The first-order valence-electron chi connectivity index (χ1n) is 7.93. The van der Waals surface area contributed by atoms with E-state index in [1.807, 2.05) is 13.8 Å². The number of nitrogens with zero attached hydrogens (tertiary/aromatic N) is 1. The highest BCUT2D eigenvalue weighted by molar-refractivity contribution is 7.89. The van der Waals surface area contributed by atoms with Crippen LogP contribution in [0.4, 0.5) is 5.69 Å². The van der Waals surface area contributed by atoms with Crippen molar-refractivity contribution in [3.8, 4) is 5.75 Å². The van der Waals surface area contributed by atoms with Crippen molar-refractivity contribution in [3.63, 3.8) is 0 Å². The Balaban J connectivity index is 2.39. The Hall–Kier alpha value is -1.60. The van der Waals surface area contributed by atoms with E-state index in [1.54, 1.807) is 11.0 Å². The summed E-state index contributed by atoms with van der Waals surface area (Å²) < 4.78 is 33.1. The Morgan fingerprint density at radius 3 is 2.52 bits per heavy atom. The number of nitrogens with one attached hydrogen (secondary N) is 1. The summed E-state index contributed by atoms with van der Waals surface area (Å²) in [5.74, 6) is 0.493. The molecule has 128 valence electrons. The predicted octanol–water partition coefficient (Wildman–Crippen LogP) is 2.29. The molecule has 0 aromatic heterocycles. The van der Waals surface area contributed by atoms with Gasteiger partial charge in [-0.1, -0.05) is 13.8 Å². The quantitative estimate of drug-likeness (QED) is 0.826. The monoisotopic (exact) mass is 340 g/mol. The Labute approximate surface area is 137 Å². The van der Waals surface area contributed by atoms with Crippen LogP contribution in [0.3, 0.4) is 0 Å². The summed E-state index contributed by atoms with van der Waals surface area (Å²) in [6, 6.07) is 4.53. The van der Waals surface area contributed by atoms with E-state index in [0.29, 0.717) is 24.4 Å². The zero-order valence-electron chi connectivity index (χ0n) is 13.8. The summed E-state index contributed by atoms with van der Waals surface area (Å²) in [6.45, 7) is 4.47. The van der Waals surface area contributed by atoms with E-state index in [2.05, 4.69) is 4.72 Å². The number of hydrogen-bond donors (Lipinski definition) is 1. The summed E-state index contributed by atoms with van der Waals surface area (Å²) in [6.07, 6.45) is 2.70. The van der Waals surface area contributed by atoms with Crippen molar-refractivity contribution < 1.29 is 17.9 Å². The molecule has 0 atom stereocenters. The van der Waals surface area contributed by atoms with Gasteiger partial charge in [-0.25, -0.2) is 13.1 Å². The number of benzene rings is 1. The van der Waals surface area contributed by atoms with Crippen LogP contribution in [-0.4, -0.2) is 34.0 Å². The average Bonchev–Trinajstić information content (AvgIpc) is 2.97. The number of amides is 1. The number of carbonyl (C=O) groups is 1. The minimum Gasteiger partial charge on any atom is -0.495 e. The second-order valence-corrected chi connectivity index (χ2v) is 7.33. The van der Waals surface area contributed by atoms with Gasteiger partial charge < -0.3 is 9.64 Å². The van der Waals surface area contributed by atoms with Gasteiger partial charge in [0.1, 0.15) is 5.75 Å². The van der Waals surface area contributed by atoms with Crippen LogP contribution in [0, 0.1) is 0 Å². The molecule has 6 nitrogen and oxygen atoms in total. The van der Waals surface area contributed by atoms with Gasteiger partial charge in [-0.15, -0.1) is 0 Å². The molecule has 1 aliphatic rings. The SMILES string of the molecule is CCC(CC)NS(=O)(=O)c1ccc(OC)c(N2CCCC2=O)c1. The smallest absolute Gasteiger partial charge is 0.240 e. The van der Waals surface area contributed by atoms with Crippen LogP contribution >= 0.6 is 0 Å². The van der Waals surface area contributed by atoms with Crippen molar-refractivity contribution in [3.05, 3.63) is 18.2 Å². The minimum atomic E-state index is -3.62. The summed E-state index contributed by atoms with van der Waals surface area (Å²) in [5.41, 5.74) is 0.516. The third-order valence-electron chi connectivity index (χ3n) is 4.13. The number of carbonyl (C=O) groups excluding carboxylic acids is 1. The van der Waals surface area contributed by atoms with Gasteiger partial charge in [0.2, 0.25) is 15.9 Å². The maximum atomic E-state index is 12.6. The molecule has 0 radical (unpaired) electrons. The fourth-order valence-electron chi connectivity index (χ4n) is 2.69. The summed E-state index contributed by atoms with van der Waals surface area (Å²) in [5, 5.41) is 0. The van der Waals surface area contributed by atoms with Crippen molar-refractivity contribution in [2.75, 3.05) is 18.6 Å². The first kappa shape index (κ1) is 17.7. The molecular formula is C16H24N2O4S. The summed E-state index contributed by atoms with van der Waals surface area (Å²) in [4.78, 5) is 13.7. The van der Waals surface area contributed by atoms with Crippen LogP contribution in [0.2, 0.25) is 0 Å². The molecule has 0 bridgehead atoms. The first-order valence-corrected chi connectivity index (χ1v) is 9.42. The molecule has 1 saturated heterocycles. The molecule has 0 spiro atoms. The van der Waals surface area contributed by atoms with E-state index in [1.165, 1.54) is 19.2 Å². The highest BCUT2D eigenvalue weighted by atomic mass is 32.2.